The van der Waals surface area contributed by atoms with Crippen LogP contribution in [0.2, 0.25) is 0 Å². The van der Waals surface area contributed by atoms with Gasteiger partial charge in [0.05, 0.1) is 0 Å². The number of hydrogen-bond acceptors (Lipinski definition) is 3. The molecule has 5 heteroatoms. The molecule has 0 saturated carbocycles. The highest BCUT2D eigenvalue weighted by Crippen LogP contribution is 2.25. The second kappa shape index (κ2) is 6.48. The molecule has 1 saturated heterocycles. The van der Waals surface area contributed by atoms with Gasteiger partial charge in [0, 0.05) is 32.6 Å². The Morgan fingerprint density at radius 3 is 2.73 bits per heavy atom. The molecule has 0 aromatic heterocycles. The van der Waals surface area contributed by atoms with E-state index in [4.69, 9.17) is 4.74 Å². The van der Waals surface area contributed by atoms with Gasteiger partial charge in [-0.1, -0.05) is 24.3 Å². The Hall–Kier alpha value is -1.88. The lowest BCUT2D eigenvalue weighted by Gasteiger charge is -2.34. The quantitative estimate of drug-likeness (QED) is 0.921. The first-order chi connectivity index (χ1) is 10.6. The lowest BCUT2D eigenvalue weighted by Crippen LogP contribution is -2.48. The average molecular weight is 303 g/mol. The third-order valence-electron chi connectivity index (χ3n) is 4.64. The third-order valence-corrected chi connectivity index (χ3v) is 4.64. The zero-order chi connectivity index (χ0) is 15.5. The van der Waals surface area contributed by atoms with Gasteiger partial charge in [-0.15, -0.1) is 0 Å². The van der Waals surface area contributed by atoms with Crippen molar-refractivity contribution in [2.75, 3.05) is 13.2 Å². The van der Waals surface area contributed by atoms with Crippen LogP contribution in [0.25, 0.3) is 0 Å². The fourth-order valence-electron chi connectivity index (χ4n) is 3.29. The van der Waals surface area contributed by atoms with E-state index in [1.807, 2.05) is 24.3 Å². The van der Waals surface area contributed by atoms with Crippen LogP contribution >= 0.6 is 0 Å². The average Bonchev–Trinajstić information content (AvgIpc) is 3.04. The molecule has 2 atom stereocenters. The molecule has 0 radical (unpaired) electrons. The topological polar surface area (TPSA) is 66.8 Å². The van der Waals surface area contributed by atoms with Crippen LogP contribution in [0.3, 0.4) is 0 Å². The van der Waals surface area contributed by atoms with Crippen molar-refractivity contribution in [3.63, 3.8) is 0 Å². The molecule has 22 heavy (non-hydrogen) atoms. The summed E-state index contributed by atoms with van der Waals surface area (Å²) >= 11 is 0. The summed E-state index contributed by atoms with van der Waals surface area (Å²) in [6.45, 7) is 1.89. The Balaban J connectivity index is 1.69. The SMILES string of the molecule is O=C(O)[C@@H]1Cc2ccccc2CN1C(=O)CC[C@@H]1CCOC1. The van der Waals surface area contributed by atoms with Crippen LogP contribution in [-0.4, -0.2) is 41.1 Å². The number of carboxylic acid groups (broad SMARTS) is 1. The Labute approximate surface area is 129 Å². The molecule has 1 N–H and O–H groups in total. The first-order valence-electron chi connectivity index (χ1n) is 7.82. The van der Waals surface area contributed by atoms with Crippen molar-refractivity contribution in [2.45, 2.75) is 38.3 Å². The van der Waals surface area contributed by atoms with Crippen LogP contribution in [0.4, 0.5) is 0 Å². The molecule has 1 aromatic carbocycles. The molecule has 5 nitrogen and oxygen atoms in total. The van der Waals surface area contributed by atoms with Gasteiger partial charge in [0.25, 0.3) is 0 Å². The standard InChI is InChI=1S/C17H21NO4/c19-16(6-5-12-7-8-22-11-12)18-10-14-4-2-1-3-13(14)9-15(18)17(20)21/h1-4,12,15H,5-11H2,(H,20,21)/t12-,15+/m1/s1. The van der Waals surface area contributed by atoms with Crippen molar-refractivity contribution in [1.82, 2.24) is 4.90 Å². The highest BCUT2D eigenvalue weighted by atomic mass is 16.5. The lowest BCUT2D eigenvalue weighted by atomic mass is 9.93. The van der Waals surface area contributed by atoms with E-state index in [2.05, 4.69) is 0 Å². The van der Waals surface area contributed by atoms with Crippen LogP contribution in [0.15, 0.2) is 24.3 Å². The summed E-state index contributed by atoms with van der Waals surface area (Å²) < 4.78 is 5.32. The smallest absolute Gasteiger partial charge is 0.326 e. The predicted molar refractivity (Wildman–Crippen MR) is 80.3 cm³/mol. The van der Waals surface area contributed by atoms with E-state index in [9.17, 15) is 14.7 Å². The molecule has 0 bridgehead atoms. The molecular weight excluding hydrogens is 282 g/mol. The summed E-state index contributed by atoms with van der Waals surface area (Å²) in [5.41, 5.74) is 2.08. The molecule has 1 aromatic rings. The molecule has 0 spiro atoms. The van der Waals surface area contributed by atoms with E-state index in [1.54, 1.807) is 0 Å². The summed E-state index contributed by atoms with van der Waals surface area (Å²) in [5.74, 6) is -0.551. The second-order valence-electron chi connectivity index (χ2n) is 6.12. The fourth-order valence-corrected chi connectivity index (χ4v) is 3.29. The Morgan fingerprint density at radius 2 is 2.05 bits per heavy atom. The van der Waals surface area contributed by atoms with Gasteiger partial charge in [-0.25, -0.2) is 4.79 Å². The van der Waals surface area contributed by atoms with Crippen molar-refractivity contribution in [2.24, 2.45) is 5.92 Å². The largest absolute Gasteiger partial charge is 0.480 e. The Kier molecular flexibility index (Phi) is 4.43. The van der Waals surface area contributed by atoms with E-state index >= 15 is 0 Å². The second-order valence-corrected chi connectivity index (χ2v) is 6.12. The van der Waals surface area contributed by atoms with Crippen molar-refractivity contribution in [3.8, 4) is 0 Å². The minimum absolute atomic E-state index is 0.0613. The number of carboxylic acids is 1. The first-order valence-corrected chi connectivity index (χ1v) is 7.82. The number of benzene rings is 1. The van der Waals surface area contributed by atoms with Crippen molar-refractivity contribution < 1.29 is 19.4 Å². The molecule has 2 aliphatic heterocycles. The molecule has 2 aliphatic rings. The third kappa shape index (κ3) is 3.14. The van der Waals surface area contributed by atoms with Gasteiger partial charge in [-0.2, -0.15) is 0 Å². The van der Waals surface area contributed by atoms with Crippen molar-refractivity contribution in [1.29, 1.82) is 0 Å². The number of hydrogen-bond donors (Lipinski definition) is 1. The Bertz CT molecular complexity index is 566. The number of amides is 1. The maximum Gasteiger partial charge on any atom is 0.326 e. The summed E-state index contributed by atoms with van der Waals surface area (Å²) in [5, 5.41) is 9.45. The highest BCUT2D eigenvalue weighted by Gasteiger charge is 2.34. The molecule has 2 heterocycles. The van der Waals surface area contributed by atoms with E-state index in [1.165, 1.54) is 4.90 Å². The summed E-state index contributed by atoms with van der Waals surface area (Å²) in [4.78, 5) is 25.6. The highest BCUT2D eigenvalue weighted by molar-refractivity contribution is 5.84. The van der Waals surface area contributed by atoms with Crippen LogP contribution in [-0.2, 0) is 27.3 Å². The van der Waals surface area contributed by atoms with Crippen LogP contribution in [0.5, 0.6) is 0 Å². The van der Waals surface area contributed by atoms with E-state index in [-0.39, 0.29) is 5.91 Å². The molecule has 118 valence electrons. The van der Waals surface area contributed by atoms with Gasteiger partial charge in [-0.3, -0.25) is 4.79 Å². The van der Waals surface area contributed by atoms with Crippen LogP contribution < -0.4 is 0 Å². The maximum atomic E-state index is 12.5. The number of fused-ring (bicyclic) bond motifs is 1. The zero-order valence-corrected chi connectivity index (χ0v) is 12.5. The Morgan fingerprint density at radius 1 is 1.27 bits per heavy atom. The zero-order valence-electron chi connectivity index (χ0n) is 12.5. The van der Waals surface area contributed by atoms with Gasteiger partial charge in [0.2, 0.25) is 5.91 Å². The normalized spacial score (nSPS) is 24.1. The van der Waals surface area contributed by atoms with Crippen molar-refractivity contribution >= 4 is 11.9 Å². The van der Waals surface area contributed by atoms with E-state index in [0.29, 0.717) is 25.3 Å². The number of aliphatic carboxylic acids is 1. The monoisotopic (exact) mass is 303 g/mol. The van der Waals surface area contributed by atoms with Gasteiger partial charge in [-0.05, 0) is 29.9 Å². The van der Waals surface area contributed by atoms with E-state index < -0.39 is 12.0 Å². The minimum Gasteiger partial charge on any atom is -0.480 e. The molecule has 1 amide bonds. The summed E-state index contributed by atoms with van der Waals surface area (Å²) in [6.07, 6.45) is 2.57. The number of carbonyl (C=O) groups is 2. The number of ether oxygens (including phenoxy) is 1. The van der Waals surface area contributed by atoms with Gasteiger partial charge < -0.3 is 14.7 Å². The summed E-state index contributed by atoms with van der Waals surface area (Å²) in [6, 6.07) is 7.01. The molecule has 0 aliphatic carbocycles. The lowest BCUT2D eigenvalue weighted by molar-refractivity contribution is -0.151. The van der Waals surface area contributed by atoms with Crippen molar-refractivity contribution in [3.05, 3.63) is 35.4 Å². The molecule has 3 rings (SSSR count). The first kappa shape index (κ1) is 15.0. The number of rotatable bonds is 4. The van der Waals surface area contributed by atoms with Gasteiger partial charge in [0.15, 0.2) is 0 Å². The fraction of sp³-hybridized carbons (Fsp3) is 0.529. The van der Waals surface area contributed by atoms with Crippen LogP contribution in [0.1, 0.15) is 30.4 Å². The number of carbonyl (C=O) groups excluding carboxylic acids is 1. The van der Waals surface area contributed by atoms with Crippen LogP contribution in [0, 0.1) is 5.92 Å². The van der Waals surface area contributed by atoms with E-state index in [0.717, 1.165) is 37.2 Å². The molecule has 0 unspecified atom stereocenters. The molecular formula is C17H21NO4. The summed E-state index contributed by atoms with van der Waals surface area (Å²) in [7, 11) is 0. The van der Waals surface area contributed by atoms with Gasteiger partial charge in [0.1, 0.15) is 6.04 Å². The minimum atomic E-state index is -0.924. The van der Waals surface area contributed by atoms with Gasteiger partial charge >= 0.3 is 5.97 Å². The number of nitrogens with zero attached hydrogens (tertiary/aromatic N) is 1. The molecule has 1 fully saturated rings. The predicted octanol–water partition coefficient (Wildman–Crippen LogP) is 1.84. The maximum absolute atomic E-state index is 12.5.